The molecular formula is C13H10BrF2NO. The van der Waals surface area contributed by atoms with Crippen LogP contribution < -0.4 is 10.5 Å². The number of hydrogen-bond acceptors (Lipinski definition) is 2. The van der Waals surface area contributed by atoms with Gasteiger partial charge in [-0.1, -0.05) is 22.0 Å². The Morgan fingerprint density at radius 2 is 1.89 bits per heavy atom. The molecule has 0 bridgehead atoms. The summed E-state index contributed by atoms with van der Waals surface area (Å²) in [5, 5.41) is 0. The molecule has 0 aromatic heterocycles. The van der Waals surface area contributed by atoms with Gasteiger partial charge < -0.3 is 10.5 Å². The lowest BCUT2D eigenvalue weighted by Gasteiger charge is -2.09. The summed E-state index contributed by atoms with van der Waals surface area (Å²) in [6.45, 7) is 0.127. The summed E-state index contributed by atoms with van der Waals surface area (Å²) < 4.78 is 32.1. The third kappa shape index (κ3) is 2.98. The standard InChI is InChI=1S/C13H10BrF2NO/c14-9-2-1-8(12(17)5-9)7-18-13-4-3-10(15)6-11(13)16/h1-6H,7,17H2. The van der Waals surface area contributed by atoms with E-state index in [1.807, 2.05) is 6.07 Å². The molecule has 0 unspecified atom stereocenters. The lowest BCUT2D eigenvalue weighted by atomic mass is 10.2. The van der Waals surface area contributed by atoms with E-state index in [0.29, 0.717) is 5.69 Å². The molecule has 0 aliphatic carbocycles. The highest BCUT2D eigenvalue weighted by Gasteiger charge is 2.06. The molecule has 0 amide bonds. The highest BCUT2D eigenvalue weighted by atomic mass is 79.9. The maximum absolute atomic E-state index is 13.3. The summed E-state index contributed by atoms with van der Waals surface area (Å²) in [6.07, 6.45) is 0. The topological polar surface area (TPSA) is 35.2 Å². The Morgan fingerprint density at radius 1 is 1.11 bits per heavy atom. The SMILES string of the molecule is Nc1cc(Br)ccc1COc1ccc(F)cc1F. The number of nitrogens with two attached hydrogens (primary N) is 1. The molecule has 0 spiro atoms. The van der Waals surface area contributed by atoms with Gasteiger partial charge in [-0.25, -0.2) is 8.78 Å². The van der Waals surface area contributed by atoms with Crippen LogP contribution in [0, 0.1) is 11.6 Å². The van der Waals surface area contributed by atoms with E-state index in [1.165, 1.54) is 6.07 Å². The molecule has 0 saturated heterocycles. The zero-order chi connectivity index (χ0) is 13.1. The van der Waals surface area contributed by atoms with Crippen LogP contribution in [0.1, 0.15) is 5.56 Å². The van der Waals surface area contributed by atoms with Crippen molar-refractivity contribution < 1.29 is 13.5 Å². The fraction of sp³-hybridized carbons (Fsp3) is 0.0769. The van der Waals surface area contributed by atoms with Gasteiger partial charge in [0.05, 0.1) is 0 Å². The smallest absolute Gasteiger partial charge is 0.167 e. The van der Waals surface area contributed by atoms with Crippen LogP contribution in [0.5, 0.6) is 5.75 Å². The molecule has 18 heavy (non-hydrogen) atoms. The molecule has 0 aliphatic rings. The zero-order valence-corrected chi connectivity index (χ0v) is 10.9. The lowest BCUT2D eigenvalue weighted by molar-refractivity contribution is 0.290. The second-order valence-corrected chi connectivity index (χ2v) is 4.62. The monoisotopic (exact) mass is 313 g/mol. The Kier molecular flexibility index (Phi) is 3.81. The van der Waals surface area contributed by atoms with Gasteiger partial charge in [0.15, 0.2) is 11.6 Å². The third-order valence-electron chi connectivity index (χ3n) is 2.39. The highest BCUT2D eigenvalue weighted by Crippen LogP contribution is 2.22. The average Bonchev–Trinajstić information content (AvgIpc) is 2.30. The predicted molar refractivity (Wildman–Crippen MR) is 69.2 cm³/mol. The normalized spacial score (nSPS) is 10.4. The first-order valence-corrected chi connectivity index (χ1v) is 5.97. The first-order chi connectivity index (χ1) is 8.56. The third-order valence-corrected chi connectivity index (χ3v) is 2.88. The maximum Gasteiger partial charge on any atom is 0.167 e. The Bertz CT molecular complexity index is 523. The molecular weight excluding hydrogens is 304 g/mol. The van der Waals surface area contributed by atoms with E-state index in [2.05, 4.69) is 15.9 Å². The highest BCUT2D eigenvalue weighted by molar-refractivity contribution is 9.10. The maximum atomic E-state index is 13.3. The minimum absolute atomic E-state index is 0.00119. The summed E-state index contributed by atoms with van der Waals surface area (Å²) in [5.41, 5.74) is 7.07. The van der Waals surface area contributed by atoms with Crippen molar-refractivity contribution >= 4 is 21.6 Å². The van der Waals surface area contributed by atoms with Crippen molar-refractivity contribution in [1.29, 1.82) is 0 Å². The number of rotatable bonds is 3. The summed E-state index contributed by atoms with van der Waals surface area (Å²) >= 11 is 3.29. The Hall–Kier alpha value is -1.62. The van der Waals surface area contributed by atoms with Gasteiger partial charge in [0.1, 0.15) is 12.4 Å². The van der Waals surface area contributed by atoms with Crippen LogP contribution in [-0.4, -0.2) is 0 Å². The quantitative estimate of drug-likeness (QED) is 0.873. The number of halogens is 3. The van der Waals surface area contributed by atoms with Crippen LogP contribution in [0.3, 0.4) is 0 Å². The van der Waals surface area contributed by atoms with Crippen molar-refractivity contribution in [2.24, 2.45) is 0 Å². The number of hydrogen-bond donors (Lipinski definition) is 1. The van der Waals surface area contributed by atoms with E-state index >= 15 is 0 Å². The fourth-order valence-corrected chi connectivity index (χ4v) is 1.82. The van der Waals surface area contributed by atoms with Gasteiger partial charge in [0.25, 0.3) is 0 Å². The summed E-state index contributed by atoms with van der Waals surface area (Å²) in [4.78, 5) is 0. The van der Waals surface area contributed by atoms with Crippen molar-refractivity contribution in [2.45, 2.75) is 6.61 Å². The molecule has 2 rings (SSSR count). The Balaban J connectivity index is 2.11. The number of ether oxygens (including phenoxy) is 1. The van der Waals surface area contributed by atoms with Gasteiger partial charge in [0, 0.05) is 21.8 Å². The van der Waals surface area contributed by atoms with Crippen LogP contribution in [-0.2, 0) is 6.61 Å². The van der Waals surface area contributed by atoms with Gasteiger partial charge in [-0.2, -0.15) is 0 Å². The van der Waals surface area contributed by atoms with Gasteiger partial charge in [0.2, 0.25) is 0 Å². The first-order valence-electron chi connectivity index (χ1n) is 5.18. The van der Waals surface area contributed by atoms with Gasteiger partial charge in [-0.05, 0) is 24.3 Å². The molecule has 2 aromatic carbocycles. The van der Waals surface area contributed by atoms with Crippen LogP contribution >= 0.6 is 15.9 Å². The second kappa shape index (κ2) is 5.35. The van der Waals surface area contributed by atoms with Crippen LogP contribution in [0.4, 0.5) is 14.5 Å². The number of nitrogen functional groups attached to an aromatic ring is 1. The molecule has 0 fully saturated rings. The van der Waals surface area contributed by atoms with E-state index in [4.69, 9.17) is 10.5 Å². The molecule has 94 valence electrons. The Labute approximate surface area is 112 Å². The van der Waals surface area contributed by atoms with Crippen molar-refractivity contribution in [2.75, 3.05) is 5.73 Å². The molecule has 0 saturated carbocycles. The van der Waals surface area contributed by atoms with Crippen LogP contribution in [0.15, 0.2) is 40.9 Å². The summed E-state index contributed by atoms with van der Waals surface area (Å²) in [5.74, 6) is -1.37. The van der Waals surface area contributed by atoms with Crippen molar-refractivity contribution in [1.82, 2.24) is 0 Å². The average molecular weight is 314 g/mol. The van der Waals surface area contributed by atoms with Crippen molar-refractivity contribution in [3.8, 4) is 5.75 Å². The number of anilines is 1. The van der Waals surface area contributed by atoms with Crippen LogP contribution in [0.25, 0.3) is 0 Å². The van der Waals surface area contributed by atoms with E-state index in [9.17, 15) is 8.78 Å². The van der Waals surface area contributed by atoms with E-state index in [1.54, 1.807) is 12.1 Å². The van der Waals surface area contributed by atoms with Gasteiger partial charge in [-0.15, -0.1) is 0 Å². The summed E-state index contributed by atoms with van der Waals surface area (Å²) in [7, 11) is 0. The minimum atomic E-state index is -0.731. The predicted octanol–water partition coefficient (Wildman–Crippen LogP) is 3.89. The van der Waals surface area contributed by atoms with Crippen LogP contribution in [0.2, 0.25) is 0 Å². The molecule has 2 N–H and O–H groups in total. The van der Waals surface area contributed by atoms with E-state index in [-0.39, 0.29) is 12.4 Å². The molecule has 0 atom stereocenters. The number of benzene rings is 2. The van der Waals surface area contributed by atoms with E-state index in [0.717, 1.165) is 22.2 Å². The van der Waals surface area contributed by atoms with Gasteiger partial charge >= 0.3 is 0 Å². The minimum Gasteiger partial charge on any atom is -0.486 e. The molecule has 0 radical (unpaired) electrons. The molecule has 0 aliphatic heterocycles. The van der Waals surface area contributed by atoms with E-state index < -0.39 is 11.6 Å². The zero-order valence-electron chi connectivity index (χ0n) is 9.29. The second-order valence-electron chi connectivity index (χ2n) is 3.71. The molecule has 0 heterocycles. The van der Waals surface area contributed by atoms with Crippen molar-refractivity contribution in [3.63, 3.8) is 0 Å². The largest absolute Gasteiger partial charge is 0.486 e. The molecule has 2 aromatic rings. The Morgan fingerprint density at radius 3 is 2.56 bits per heavy atom. The fourth-order valence-electron chi connectivity index (χ4n) is 1.45. The molecule has 2 nitrogen and oxygen atoms in total. The first kappa shape index (κ1) is 12.8. The summed E-state index contributed by atoms with van der Waals surface area (Å²) in [6, 6.07) is 8.50. The molecule has 5 heteroatoms. The van der Waals surface area contributed by atoms with Crippen molar-refractivity contribution in [3.05, 3.63) is 58.1 Å². The van der Waals surface area contributed by atoms with Gasteiger partial charge in [-0.3, -0.25) is 0 Å². The lowest BCUT2D eigenvalue weighted by Crippen LogP contribution is -2.01.